The summed E-state index contributed by atoms with van der Waals surface area (Å²) >= 11 is 0. The number of ether oxygens (including phenoxy) is 2. The average Bonchev–Trinajstić information content (AvgIpc) is 3.67. The number of hydrogen-bond donors (Lipinski definition) is 1. The number of carbonyl (C=O) groups is 1. The summed E-state index contributed by atoms with van der Waals surface area (Å²) < 4.78 is 41.9. The molecule has 5 nitrogen and oxygen atoms in total. The van der Waals surface area contributed by atoms with Crippen molar-refractivity contribution in [3.8, 4) is 22.8 Å². The van der Waals surface area contributed by atoms with E-state index >= 15 is 8.78 Å². The highest BCUT2D eigenvalue weighted by Crippen LogP contribution is 2.51. The Bertz CT molecular complexity index is 1380. The number of carboxylic acid groups (broad SMARTS) is 1. The molecule has 2 aromatic carbocycles. The van der Waals surface area contributed by atoms with Crippen LogP contribution in [0, 0.1) is 23.0 Å². The molecular weight excluding hydrogens is 512 g/mol. The van der Waals surface area contributed by atoms with Crippen molar-refractivity contribution < 1.29 is 28.2 Å². The second-order valence-corrected chi connectivity index (χ2v) is 12.0. The van der Waals surface area contributed by atoms with Gasteiger partial charge in [0.15, 0.2) is 11.6 Å². The summed E-state index contributed by atoms with van der Waals surface area (Å²) in [6, 6.07) is 12.5. The second kappa shape index (κ2) is 11.6. The lowest BCUT2D eigenvalue weighted by Crippen LogP contribution is -2.17. The van der Waals surface area contributed by atoms with Crippen molar-refractivity contribution in [1.29, 1.82) is 0 Å². The molecule has 0 amide bonds. The number of halogens is 2. The second-order valence-electron chi connectivity index (χ2n) is 12.0. The molecule has 0 radical (unpaired) electrons. The Kier molecular flexibility index (Phi) is 8.11. The van der Waals surface area contributed by atoms with Crippen LogP contribution in [-0.4, -0.2) is 23.2 Å². The van der Waals surface area contributed by atoms with Crippen molar-refractivity contribution in [2.45, 2.75) is 77.2 Å². The van der Waals surface area contributed by atoms with Gasteiger partial charge in [0.1, 0.15) is 12.4 Å². The number of carboxylic acids is 1. The summed E-state index contributed by atoms with van der Waals surface area (Å²) in [5.74, 6) is -1.06. The van der Waals surface area contributed by atoms with E-state index in [-0.39, 0.29) is 36.0 Å². The molecule has 2 aliphatic carbocycles. The SMILES string of the molecule is COc1cc(-c2ccc(COc3cccc([C@@H](CC(=O)O)CC4CC4)c3F)cc2[C@@H]2CCCC2(C)C)c(F)cn1. The number of rotatable bonds is 11. The van der Waals surface area contributed by atoms with Gasteiger partial charge in [0.05, 0.1) is 19.7 Å². The maximum Gasteiger partial charge on any atom is 0.303 e. The molecule has 212 valence electrons. The molecule has 0 saturated heterocycles. The number of aromatic nitrogens is 1. The minimum Gasteiger partial charge on any atom is -0.486 e. The molecule has 2 aliphatic rings. The maximum absolute atomic E-state index is 15.6. The number of methoxy groups -OCH3 is 1. The summed E-state index contributed by atoms with van der Waals surface area (Å²) in [7, 11) is 1.51. The van der Waals surface area contributed by atoms with Gasteiger partial charge in [0.25, 0.3) is 0 Å². The summed E-state index contributed by atoms with van der Waals surface area (Å²) in [5, 5.41) is 9.41. The molecule has 5 rings (SSSR count). The van der Waals surface area contributed by atoms with Crippen LogP contribution in [0.25, 0.3) is 11.1 Å². The van der Waals surface area contributed by atoms with Crippen LogP contribution in [0.15, 0.2) is 48.7 Å². The fourth-order valence-corrected chi connectivity index (χ4v) is 6.28. The summed E-state index contributed by atoms with van der Waals surface area (Å²) in [5.41, 5.74) is 3.58. The van der Waals surface area contributed by atoms with E-state index in [1.54, 1.807) is 24.3 Å². The number of hydrogen-bond acceptors (Lipinski definition) is 4. The monoisotopic (exact) mass is 549 g/mol. The third kappa shape index (κ3) is 6.13. The molecule has 0 bridgehead atoms. The Morgan fingerprint density at radius 3 is 2.60 bits per heavy atom. The summed E-state index contributed by atoms with van der Waals surface area (Å²) in [4.78, 5) is 15.5. The van der Waals surface area contributed by atoms with Crippen molar-refractivity contribution in [2.75, 3.05) is 7.11 Å². The minimum absolute atomic E-state index is 0.0446. The van der Waals surface area contributed by atoms with Gasteiger partial charge in [-0.25, -0.2) is 13.8 Å². The van der Waals surface area contributed by atoms with Crippen LogP contribution in [0.3, 0.4) is 0 Å². The smallest absolute Gasteiger partial charge is 0.303 e. The van der Waals surface area contributed by atoms with Crippen molar-refractivity contribution >= 4 is 5.97 Å². The van der Waals surface area contributed by atoms with Gasteiger partial charge >= 0.3 is 5.97 Å². The standard InChI is InChI=1S/C33H37F2NO4/c1-33(2)13-5-7-27(33)25-15-21(11-12-24(25)26-17-30(39-3)36-18-28(26)34)19-40-29-8-4-6-23(32(29)35)22(16-31(37)38)14-20-9-10-20/h4,6,8,11-12,15,17-18,20,22,27H,5,7,9-10,13-14,16,19H2,1-3H3,(H,37,38)/t22-,27+/m1/s1. The molecule has 2 atom stereocenters. The van der Waals surface area contributed by atoms with E-state index in [1.807, 2.05) is 12.1 Å². The summed E-state index contributed by atoms with van der Waals surface area (Å²) in [6.45, 7) is 4.63. The Morgan fingerprint density at radius 1 is 1.12 bits per heavy atom. The molecule has 3 aromatic rings. The lowest BCUT2D eigenvalue weighted by atomic mass is 9.75. The van der Waals surface area contributed by atoms with Crippen LogP contribution in [-0.2, 0) is 11.4 Å². The van der Waals surface area contributed by atoms with Crippen molar-refractivity contribution in [3.05, 3.63) is 77.0 Å². The van der Waals surface area contributed by atoms with Gasteiger partial charge in [0, 0.05) is 11.6 Å². The van der Waals surface area contributed by atoms with E-state index in [4.69, 9.17) is 9.47 Å². The fraction of sp³-hybridized carbons (Fsp3) is 0.455. The van der Waals surface area contributed by atoms with Gasteiger partial charge in [-0.3, -0.25) is 4.79 Å². The zero-order valence-electron chi connectivity index (χ0n) is 23.4. The van der Waals surface area contributed by atoms with Crippen LogP contribution >= 0.6 is 0 Å². The third-order valence-electron chi connectivity index (χ3n) is 8.64. The van der Waals surface area contributed by atoms with E-state index in [0.717, 1.165) is 48.8 Å². The quantitative estimate of drug-likeness (QED) is 0.261. The molecule has 1 aromatic heterocycles. The van der Waals surface area contributed by atoms with Gasteiger partial charge in [-0.05, 0) is 70.8 Å². The average molecular weight is 550 g/mol. The molecule has 0 spiro atoms. The zero-order chi connectivity index (χ0) is 28.4. The molecule has 0 unspecified atom stereocenters. The topological polar surface area (TPSA) is 68.7 Å². The van der Waals surface area contributed by atoms with Gasteiger partial charge in [-0.15, -0.1) is 0 Å². The first-order valence-electron chi connectivity index (χ1n) is 14.1. The third-order valence-corrected chi connectivity index (χ3v) is 8.64. The predicted molar refractivity (Wildman–Crippen MR) is 150 cm³/mol. The zero-order valence-corrected chi connectivity index (χ0v) is 23.4. The van der Waals surface area contributed by atoms with Gasteiger partial charge in [-0.2, -0.15) is 0 Å². The van der Waals surface area contributed by atoms with E-state index < -0.39 is 17.6 Å². The normalized spacial score (nSPS) is 18.9. The first-order valence-corrected chi connectivity index (χ1v) is 14.1. The lowest BCUT2D eigenvalue weighted by molar-refractivity contribution is -0.137. The number of nitrogens with zero attached hydrogens (tertiary/aromatic N) is 1. The van der Waals surface area contributed by atoms with E-state index in [1.165, 1.54) is 13.3 Å². The van der Waals surface area contributed by atoms with Crippen LogP contribution < -0.4 is 9.47 Å². The number of aliphatic carboxylic acids is 1. The lowest BCUT2D eigenvalue weighted by Gasteiger charge is -2.30. The first-order chi connectivity index (χ1) is 19.2. The molecule has 2 saturated carbocycles. The van der Waals surface area contributed by atoms with Crippen LogP contribution in [0.1, 0.15) is 87.3 Å². The van der Waals surface area contributed by atoms with E-state index in [2.05, 4.69) is 24.9 Å². The molecule has 7 heteroatoms. The van der Waals surface area contributed by atoms with Crippen LogP contribution in [0.4, 0.5) is 8.78 Å². The van der Waals surface area contributed by atoms with Crippen LogP contribution in [0.2, 0.25) is 0 Å². The first kappa shape index (κ1) is 28.1. The molecule has 40 heavy (non-hydrogen) atoms. The van der Waals surface area contributed by atoms with Crippen molar-refractivity contribution in [2.24, 2.45) is 11.3 Å². The Labute approximate surface area is 234 Å². The van der Waals surface area contributed by atoms with E-state index in [9.17, 15) is 9.90 Å². The van der Waals surface area contributed by atoms with Gasteiger partial charge in [0.2, 0.25) is 5.88 Å². The number of benzene rings is 2. The largest absolute Gasteiger partial charge is 0.486 e. The highest BCUT2D eigenvalue weighted by molar-refractivity contribution is 5.70. The van der Waals surface area contributed by atoms with E-state index in [0.29, 0.717) is 29.3 Å². The van der Waals surface area contributed by atoms with Crippen molar-refractivity contribution in [3.63, 3.8) is 0 Å². The highest BCUT2D eigenvalue weighted by Gasteiger charge is 2.37. The van der Waals surface area contributed by atoms with Gasteiger partial charge < -0.3 is 14.6 Å². The highest BCUT2D eigenvalue weighted by atomic mass is 19.1. The fourth-order valence-electron chi connectivity index (χ4n) is 6.28. The number of pyridine rings is 1. The Hall–Kier alpha value is -3.48. The summed E-state index contributed by atoms with van der Waals surface area (Å²) in [6.07, 6.45) is 7.07. The van der Waals surface area contributed by atoms with Gasteiger partial charge in [-0.1, -0.05) is 63.4 Å². The van der Waals surface area contributed by atoms with Crippen LogP contribution in [0.5, 0.6) is 11.6 Å². The molecule has 0 aliphatic heterocycles. The Balaban J connectivity index is 1.44. The minimum atomic E-state index is -0.929. The Morgan fingerprint density at radius 2 is 1.93 bits per heavy atom. The molecule has 1 heterocycles. The predicted octanol–water partition coefficient (Wildman–Crippen LogP) is 8.27. The molecule has 2 fully saturated rings. The molecular formula is C33H37F2NO4. The maximum atomic E-state index is 15.6. The van der Waals surface area contributed by atoms with Crippen molar-refractivity contribution in [1.82, 2.24) is 4.98 Å². The molecule has 1 N–H and O–H groups in total.